The summed E-state index contributed by atoms with van der Waals surface area (Å²) in [4.78, 5) is 0.751. The third-order valence-corrected chi connectivity index (χ3v) is 3.51. The van der Waals surface area contributed by atoms with E-state index < -0.39 is 10.8 Å². The third kappa shape index (κ3) is 2.71. The average Bonchev–Trinajstić information content (AvgIpc) is 2.10. The quantitative estimate of drug-likeness (QED) is 0.791. The van der Waals surface area contributed by atoms with Crippen LogP contribution in [0, 0.1) is 0 Å². The lowest BCUT2D eigenvalue weighted by molar-refractivity contribution is 0.682. The van der Waals surface area contributed by atoms with E-state index in [0.717, 1.165) is 11.3 Å². The molecule has 72 valence electrons. The van der Waals surface area contributed by atoms with Gasteiger partial charge in [-0.15, -0.1) is 0 Å². The molecule has 0 aliphatic rings. The smallest absolute Gasteiger partial charge is 0.0647 e. The number of halogens is 1. The van der Waals surface area contributed by atoms with Gasteiger partial charge < -0.3 is 5.73 Å². The highest BCUT2D eigenvalue weighted by Gasteiger charge is 2.04. The Morgan fingerprint density at radius 2 is 2.23 bits per heavy atom. The highest BCUT2D eigenvalue weighted by molar-refractivity contribution is 7.85. The highest BCUT2D eigenvalue weighted by Crippen LogP contribution is 2.21. The van der Waals surface area contributed by atoms with Crippen LogP contribution in [0.2, 0.25) is 5.02 Å². The monoisotopic (exact) mass is 217 g/mol. The fraction of sp³-hybridized carbons (Fsp3) is 0.333. The first-order valence-corrected chi connectivity index (χ1v) is 5.78. The molecule has 0 aliphatic heterocycles. The molecule has 1 aromatic rings. The van der Waals surface area contributed by atoms with Gasteiger partial charge in [0.05, 0.1) is 21.5 Å². The third-order valence-electron chi connectivity index (χ3n) is 1.62. The van der Waals surface area contributed by atoms with E-state index in [4.69, 9.17) is 17.3 Å². The van der Waals surface area contributed by atoms with Crippen molar-refractivity contribution < 1.29 is 4.21 Å². The predicted molar refractivity (Wildman–Crippen MR) is 57.4 cm³/mol. The molecule has 0 bridgehead atoms. The molecule has 13 heavy (non-hydrogen) atoms. The molecule has 1 atom stereocenters. The van der Waals surface area contributed by atoms with Crippen molar-refractivity contribution in [3.05, 3.63) is 23.2 Å². The lowest BCUT2D eigenvalue weighted by Gasteiger charge is -2.02. The van der Waals surface area contributed by atoms with Gasteiger partial charge in [-0.25, -0.2) is 0 Å². The Hall–Kier alpha value is -0.540. The molecule has 1 unspecified atom stereocenters. The van der Waals surface area contributed by atoms with Gasteiger partial charge in [0.15, 0.2) is 0 Å². The molecule has 0 aromatic heterocycles. The first-order chi connectivity index (χ1) is 6.15. The molecule has 0 saturated carbocycles. The fourth-order valence-electron chi connectivity index (χ4n) is 0.953. The molecule has 0 aliphatic carbocycles. The summed E-state index contributed by atoms with van der Waals surface area (Å²) in [5, 5.41) is 0.474. The van der Waals surface area contributed by atoms with Crippen LogP contribution < -0.4 is 5.73 Å². The standard InChI is InChI=1S/C9H12ClNOS/c1-2-5-13(12)7-3-4-9(11)8(10)6-7/h3-4,6H,2,5,11H2,1H3. The van der Waals surface area contributed by atoms with Crippen molar-refractivity contribution in [2.45, 2.75) is 18.2 Å². The minimum absolute atomic E-state index is 0.474. The van der Waals surface area contributed by atoms with Gasteiger partial charge in [0, 0.05) is 10.6 Å². The van der Waals surface area contributed by atoms with Crippen molar-refractivity contribution in [2.75, 3.05) is 11.5 Å². The first-order valence-electron chi connectivity index (χ1n) is 4.08. The Labute approximate surface area is 85.5 Å². The second kappa shape index (κ2) is 4.63. The Bertz CT molecular complexity index is 327. The van der Waals surface area contributed by atoms with Crippen LogP contribution in [-0.2, 0) is 10.8 Å². The molecule has 4 heteroatoms. The van der Waals surface area contributed by atoms with Crippen molar-refractivity contribution in [3.63, 3.8) is 0 Å². The molecular formula is C9H12ClNOS. The van der Waals surface area contributed by atoms with Gasteiger partial charge in [-0.1, -0.05) is 18.5 Å². The Kier molecular flexibility index (Phi) is 3.75. The van der Waals surface area contributed by atoms with Crippen LogP contribution in [0.25, 0.3) is 0 Å². The number of anilines is 1. The van der Waals surface area contributed by atoms with Crippen LogP contribution in [-0.4, -0.2) is 9.96 Å². The molecule has 1 rings (SSSR count). The molecule has 2 nitrogen and oxygen atoms in total. The number of rotatable bonds is 3. The predicted octanol–water partition coefficient (Wildman–Crippen LogP) is 2.44. The number of hydrogen-bond donors (Lipinski definition) is 1. The van der Waals surface area contributed by atoms with Crippen LogP contribution >= 0.6 is 11.6 Å². The van der Waals surface area contributed by atoms with Gasteiger partial charge in [-0.3, -0.25) is 4.21 Å². The van der Waals surface area contributed by atoms with Gasteiger partial charge in [0.1, 0.15) is 0 Å². The fourth-order valence-corrected chi connectivity index (χ4v) is 2.27. The maximum Gasteiger partial charge on any atom is 0.0647 e. The topological polar surface area (TPSA) is 43.1 Å². The number of hydrogen-bond acceptors (Lipinski definition) is 2. The van der Waals surface area contributed by atoms with Crippen LogP contribution in [0.5, 0.6) is 0 Å². The molecule has 0 fully saturated rings. The van der Waals surface area contributed by atoms with E-state index in [1.165, 1.54) is 0 Å². The molecule has 2 N–H and O–H groups in total. The van der Waals surface area contributed by atoms with Gasteiger partial charge in [-0.05, 0) is 24.6 Å². The largest absolute Gasteiger partial charge is 0.398 e. The molecule has 0 amide bonds. The van der Waals surface area contributed by atoms with E-state index in [-0.39, 0.29) is 0 Å². The van der Waals surface area contributed by atoms with Gasteiger partial charge in [0.25, 0.3) is 0 Å². The normalized spacial score (nSPS) is 12.8. The van der Waals surface area contributed by atoms with Crippen molar-refractivity contribution in [2.24, 2.45) is 0 Å². The minimum atomic E-state index is -0.942. The second-order valence-corrected chi connectivity index (χ2v) is 4.71. The van der Waals surface area contributed by atoms with E-state index in [9.17, 15) is 4.21 Å². The van der Waals surface area contributed by atoms with Crippen molar-refractivity contribution in [1.29, 1.82) is 0 Å². The number of nitrogen functional groups attached to an aromatic ring is 1. The Morgan fingerprint density at radius 3 is 2.77 bits per heavy atom. The molecule has 0 saturated heterocycles. The van der Waals surface area contributed by atoms with Gasteiger partial charge in [-0.2, -0.15) is 0 Å². The molecular weight excluding hydrogens is 206 g/mol. The van der Waals surface area contributed by atoms with Crippen molar-refractivity contribution in [3.8, 4) is 0 Å². The maximum atomic E-state index is 11.5. The summed E-state index contributed by atoms with van der Waals surface area (Å²) in [5.74, 6) is 0.667. The van der Waals surface area contributed by atoms with Gasteiger partial charge >= 0.3 is 0 Å². The summed E-state index contributed by atoms with van der Waals surface area (Å²) in [6.07, 6.45) is 0.897. The van der Waals surface area contributed by atoms with E-state index in [1.807, 2.05) is 6.92 Å². The summed E-state index contributed by atoms with van der Waals surface area (Å²) >= 11 is 5.80. The summed E-state index contributed by atoms with van der Waals surface area (Å²) in [7, 11) is -0.942. The Balaban J connectivity index is 2.90. The molecule has 1 aromatic carbocycles. The summed E-state index contributed by atoms with van der Waals surface area (Å²) in [6.45, 7) is 2.00. The zero-order chi connectivity index (χ0) is 9.84. The molecule has 0 spiro atoms. The maximum absolute atomic E-state index is 11.5. The summed E-state index contributed by atoms with van der Waals surface area (Å²) in [5.41, 5.74) is 6.06. The lowest BCUT2D eigenvalue weighted by Crippen LogP contribution is -1.97. The minimum Gasteiger partial charge on any atom is -0.398 e. The first kappa shape index (κ1) is 10.5. The highest BCUT2D eigenvalue weighted by atomic mass is 35.5. The second-order valence-electron chi connectivity index (χ2n) is 2.73. The zero-order valence-electron chi connectivity index (χ0n) is 7.42. The Morgan fingerprint density at radius 1 is 1.54 bits per heavy atom. The SMILES string of the molecule is CCCS(=O)c1ccc(N)c(Cl)c1. The average molecular weight is 218 g/mol. The number of nitrogens with two attached hydrogens (primary N) is 1. The van der Waals surface area contributed by atoms with E-state index in [0.29, 0.717) is 16.5 Å². The van der Waals surface area contributed by atoms with E-state index in [1.54, 1.807) is 18.2 Å². The van der Waals surface area contributed by atoms with Crippen LogP contribution in [0.15, 0.2) is 23.1 Å². The van der Waals surface area contributed by atoms with Crippen LogP contribution in [0.4, 0.5) is 5.69 Å². The molecule has 0 heterocycles. The van der Waals surface area contributed by atoms with Crippen molar-refractivity contribution in [1.82, 2.24) is 0 Å². The van der Waals surface area contributed by atoms with E-state index >= 15 is 0 Å². The van der Waals surface area contributed by atoms with Crippen molar-refractivity contribution >= 4 is 28.1 Å². The van der Waals surface area contributed by atoms with Crippen LogP contribution in [0.1, 0.15) is 13.3 Å². The summed E-state index contributed by atoms with van der Waals surface area (Å²) < 4.78 is 11.5. The van der Waals surface area contributed by atoms with E-state index in [2.05, 4.69) is 0 Å². The van der Waals surface area contributed by atoms with Crippen LogP contribution in [0.3, 0.4) is 0 Å². The zero-order valence-corrected chi connectivity index (χ0v) is 8.99. The lowest BCUT2D eigenvalue weighted by atomic mass is 10.3. The number of benzene rings is 1. The summed E-state index contributed by atoms with van der Waals surface area (Å²) in [6, 6.07) is 5.11. The molecule has 0 radical (unpaired) electrons. The van der Waals surface area contributed by atoms with Gasteiger partial charge in [0.2, 0.25) is 0 Å².